The van der Waals surface area contributed by atoms with E-state index in [0.29, 0.717) is 11.8 Å². The summed E-state index contributed by atoms with van der Waals surface area (Å²) >= 11 is 5.99. The molecule has 0 radical (unpaired) electrons. The molecule has 0 aliphatic carbocycles. The number of hydrogen-bond donors (Lipinski definition) is 2. The van der Waals surface area contributed by atoms with Crippen molar-refractivity contribution in [2.75, 3.05) is 11.5 Å². The van der Waals surface area contributed by atoms with Gasteiger partial charge in [0.2, 0.25) is 0 Å². The molecule has 1 N–H and O–H groups in total. The number of H-pyrrole nitrogens is 1. The Morgan fingerprint density at radius 1 is 1.41 bits per heavy atom. The molecule has 0 saturated heterocycles. The van der Waals surface area contributed by atoms with Crippen molar-refractivity contribution in [3.8, 4) is 0 Å². The van der Waals surface area contributed by atoms with E-state index >= 15 is 0 Å². The molecule has 4 nitrogen and oxygen atoms in total. The van der Waals surface area contributed by atoms with Gasteiger partial charge in [-0.1, -0.05) is 25.6 Å². The van der Waals surface area contributed by atoms with E-state index in [1.54, 1.807) is 16.3 Å². The summed E-state index contributed by atoms with van der Waals surface area (Å²) in [6, 6.07) is 0.136. The molecule has 1 atom stereocenters. The van der Waals surface area contributed by atoms with Crippen LogP contribution in [-0.2, 0) is 0 Å². The van der Waals surface area contributed by atoms with Crippen molar-refractivity contribution in [2.24, 2.45) is 11.8 Å². The van der Waals surface area contributed by atoms with E-state index < -0.39 is 0 Å². The summed E-state index contributed by atoms with van der Waals surface area (Å²) in [7, 11) is 0. The molecule has 0 bridgehead atoms. The Balaban J connectivity index is 2.72. The third-order valence-corrected chi connectivity index (χ3v) is 4.40. The lowest BCUT2D eigenvalue weighted by molar-refractivity contribution is 0.471. The molecular formula is C11H21N3OS2. The lowest BCUT2D eigenvalue weighted by Crippen LogP contribution is -2.20. The third kappa shape index (κ3) is 3.81. The highest BCUT2D eigenvalue weighted by atomic mass is 32.2. The quantitative estimate of drug-likeness (QED) is 0.619. The van der Waals surface area contributed by atoms with E-state index in [1.165, 1.54) is 0 Å². The third-order valence-electron chi connectivity index (χ3n) is 2.79. The number of rotatable bonds is 6. The highest BCUT2D eigenvalue weighted by Crippen LogP contribution is 2.24. The normalized spacial score (nSPS) is 13.6. The lowest BCUT2D eigenvalue weighted by Gasteiger charge is -2.17. The molecule has 0 fully saturated rings. The molecule has 0 aliphatic heterocycles. The summed E-state index contributed by atoms with van der Waals surface area (Å²) in [5, 5.41) is 7.35. The van der Waals surface area contributed by atoms with Crippen molar-refractivity contribution in [1.29, 1.82) is 0 Å². The summed E-state index contributed by atoms with van der Waals surface area (Å²) in [4.78, 5) is 11.5. The second-order valence-corrected chi connectivity index (χ2v) is 6.13. The lowest BCUT2D eigenvalue weighted by atomic mass is 10.0. The van der Waals surface area contributed by atoms with E-state index in [0.717, 1.165) is 16.7 Å². The monoisotopic (exact) mass is 275 g/mol. The molecule has 0 amide bonds. The SMILES string of the molecule is CC(C)C(CS)CSc1n[nH]c(=O)n1C(C)C. The molecule has 1 aromatic heterocycles. The van der Waals surface area contributed by atoms with Gasteiger partial charge in [0.15, 0.2) is 5.16 Å². The highest BCUT2D eigenvalue weighted by molar-refractivity contribution is 7.99. The topological polar surface area (TPSA) is 50.7 Å². The Kier molecular flexibility index (Phi) is 5.66. The van der Waals surface area contributed by atoms with Gasteiger partial charge >= 0.3 is 5.69 Å². The van der Waals surface area contributed by atoms with Gasteiger partial charge in [-0.25, -0.2) is 9.89 Å². The molecular weight excluding hydrogens is 254 g/mol. The standard InChI is InChI=1S/C11H21N3OS2/c1-7(2)9(5-16)6-17-11-13-12-10(15)14(11)8(3)4/h7-9,16H,5-6H2,1-4H3,(H,12,15). The van der Waals surface area contributed by atoms with Crippen LogP contribution in [0.3, 0.4) is 0 Å². The molecule has 6 heteroatoms. The number of nitrogens with one attached hydrogen (secondary N) is 1. The summed E-state index contributed by atoms with van der Waals surface area (Å²) in [5.41, 5.74) is -0.130. The summed E-state index contributed by atoms with van der Waals surface area (Å²) < 4.78 is 1.70. The van der Waals surface area contributed by atoms with Gasteiger partial charge in [-0.15, -0.1) is 5.10 Å². The second-order valence-electron chi connectivity index (χ2n) is 4.77. The number of aromatic amines is 1. The van der Waals surface area contributed by atoms with Crippen LogP contribution >= 0.6 is 24.4 Å². The average Bonchev–Trinajstić information content (AvgIpc) is 2.60. The molecule has 0 aromatic carbocycles. The first-order valence-electron chi connectivity index (χ1n) is 5.88. The number of hydrogen-bond acceptors (Lipinski definition) is 4. The average molecular weight is 275 g/mol. The summed E-state index contributed by atoms with van der Waals surface area (Å²) in [5.74, 6) is 2.94. The van der Waals surface area contributed by atoms with E-state index in [1.807, 2.05) is 13.8 Å². The molecule has 1 heterocycles. The van der Waals surface area contributed by atoms with Crippen molar-refractivity contribution in [2.45, 2.75) is 38.9 Å². The maximum Gasteiger partial charge on any atom is 0.344 e. The predicted octanol–water partition coefficient (Wildman–Crippen LogP) is 2.45. The predicted molar refractivity (Wildman–Crippen MR) is 76.1 cm³/mol. The number of thiol groups is 1. The fourth-order valence-corrected chi connectivity index (χ4v) is 3.62. The summed E-state index contributed by atoms with van der Waals surface area (Å²) in [6.45, 7) is 8.36. The molecule has 98 valence electrons. The van der Waals surface area contributed by atoms with Gasteiger partial charge in [0.1, 0.15) is 0 Å². The van der Waals surface area contributed by atoms with Gasteiger partial charge in [-0.2, -0.15) is 12.6 Å². The van der Waals surface area contributed by atoms with Gasteiger partial charge < -0.3 is 0 Å². The molecule has 1 rings (SSSR count). The fraction of sp³-hybridized carbons (Fsp3) is 0.818. The van der Waals surface area contributed by atoms with Gasteiger partial charge in [0, 0.05) is 11.8 Å². The number of aromatic nitrogens is 3. The highest BCUT2D eigenvalue weighted by Gasteiger charge is 2.16. The molecule has 1 unspecified atom stereocenters. The smallest absolute Gasteiger partial charge is 0.268 e. The number of nitrogens with zero attached hydrogens (tertiary/aromatic N) is 2. The van der Waals surface area contributed by atoms with Crippen LogP contribution in [0.15, 0.2) is 9.95 Å². The Hall–Kier alpha value is -0.360. The zero-order chi connectivity index (χ0) is 13.0. The first-order valence-corrected chi connectivity index (χ1v) is 7.49. The number of thioether (sulfide) groups is 1. The molecule has 0 saturated carbocycles. The van der Waals surface area contributed by atoms with Gasteiger partial charge in [-0.05, 0) is 31.4 Å². The minimum absolute atomic E-state index is 0.130. The van der Waals surface area contributed by atoms with E-state index in [9.17, 15) is 4.79 Å². The molecule has 0 aliphatic rings. The van der Waals surface area contributed by atoms with Crippen LogP contribution in [0.25, 0.3) is 0 Å². The maximum absolute atomic E-state index is 11.5. The Morgan fingerprint density at radius 2 is 2.06 bits per heavy atom. The fourth-order valence-electron chi connectivity index (χ4n) is 1.48. The molecule has 17 heavy (non-hydrogen) atoms. The Labute approximate surface area is 112 Å². The van der Waals surface area contributed by atoms with Crippen LogP contribution in [0.5, 0.6) is 0 Å². The molecule has 0 spiro atoms. The van der Waals surface area contributed by atoms with Crippen molar-refractivity contribution in [3.05, 3.63) is 10.5 Å². The second kappa shape index (κ2) is 6.54. The van der Waals surface area contributed by atoms with Crippen LogP contribution < -0.4 is 5.69 Å². The Bertz CT molecular complexity index is 398. The molecule has 1 aromatic rings. The minimum atomic E-state index is -0.130. The van der Waals surface area contributed by atoms with Crippen molar-refractivity contribution < 1.29 is 0 Å². The van der Waals surface area contributed by atoms with E-state index in [2.05, 4.69) is 36.7 Å². The van der Waals surface area contributed by atoms with Crippen LogP contribution in [0.2, 0.25) is 0 Å². The van der Waals surface area contributed by atoms with Crippen molar-refractivity contribution in [3.63, 3.8) is 0 Å². The van der Waals surface area contributed by atoms with Crippen molar-refractivity contribution in [1.82, 2.24) is 14.8 Å². The van der Waals surface area contributed by atoms with Crippen LogP contribution in [0.4, 0.5) is 0 Å². The minimum Gasteiger partial charge on any atom is -0.268 e. The van der Waals surface area contributed by atoms with E-state index in [4.69, 9.17) is 0 Å². The zero-order valence-electron chi connectivity index (χ0n) is 10.8. The Morgan fingerprint density at radius 3 is 2.53 bits per heavy atom. The summed E-state index contributed by atoms with van der Waals surface area (Å²) in [6.07, 6.45) is 0. The van der Waals surface area contributed by atoms with Gasteiger partial charge in [0.25, 0.3) is 0 Å². The maximum atomic E-state index is 11.5. The first kappa shape index (κ1) is 14.7. The largest absolute Gasteiger partial charge is 0.344 e. The van der Waals surface area contributed by atoms with Gasteiger partial charge in [0.05, 0.1) is 0 Å². The van der Waals surface area contributed by atoms with Crippen LogP contribution in [-0.4, -0.2) is 26.3 Å². The first-order chi connectivity index (χ1) is 7.97. The van der Waals surface area contributed by atoms with Gasteiger partial charge in [-0.3, -0.25) is 4.57 Å². The van der Waals surface area contributed by atoms with Crippen LogP contribution in [0.1, 0.15) is 33.7 Å². The zero-order valence-corrected chi connectivity index (χ0v) is 12.5. The van der Waals surface area contributed by atoms with Crippen LogP contribution in [0, 0.1) is 11.8 Å². The van der Waals surface area contributed by atoms with E-state index in [-0.39, 0.29) is 11.7 Å². The van der Waals surface area contributed by atoms with Crippen molar-refractivity contribution >= 4 is 24.4 Å².